The number of fused-ring (bicyclic) bond motifs is 4. The average molecular weight is 889 g/mol. The Hall–Kier alpha value is -5.62. The molecule has 1 aliphatic rings. The average Bonchev–Trinajstić information content (AvgIpc) is 3.81. The predicted octanol–water partition coefficient (Wildman–Crippen LogP) is 11.5. The third-order valence-electron chi connectivity index (χ3n) is 11.5. The zero-order valence-electron chi connectivity index (χ0n) is 37.1. The topological polar surface area (TPSA) is 61.9 Å². The largest absolute Gasteiger partial charge is 0.491 e. The van der Waals surface area contributed by atoms with Crippen molar-refractivity contribution in [2.45, 2.75) is 51.5 Å². The van der Waals surface area contributed by atoms with Gasteiger partial charge in [0.2, 0.25) is 0 Å². The molecular formula is C56H60N2O6S. The number of ether oxygens (including phenoxy) is 6. The zero-order chi connectivity index (χ0) is 44.1. The van der Waals surface area contributed by atoms with Crippen LogP contribution in [0, 0.1) is 0 Å². The van der Waals surface area contributed by atoms with Crippen molar-refractivity contribution >= 4 is 11.3 Å². The first kappa shape index (κ1) is 45.9. The van der Waals surface area contributed by atoms with E-state index in [1.54, 1.807) is 11.3 Å². The number of hydrogen-bond acceptors (Lipinski definition) is 9. The van der Waals surface area contributed by atoms with Gasteiger partial charge < -0.3 is 28.4 Å². The SMILES string of the molecule is c1ccc(CN2Cc3ccccc3OCCOCCOCCOc3ccccc3CN(Cc3ccccc3)[C@H](c3ccccc3)COCc3ccc(s3)COC[C@H]2c2ccccc2)cc1. The molecule has 0 unspecified atom stereocenters. The Labute approximate surface area is 388 Å². The van der Waals surface area contributed by atoms with Crippen LogP contribution in [0.5, 0.6) is 11.5 Å². The summed E-state index contributed by atoms with van der Waals surface area (Å²) in [5, 5.41) is 0. The Kier molecular flexibility index (Phi) is 17.8. The molecule has 0 radical (unpaired) electrons. The summed E-state index contributed by atoms with van der Waals surface area (Å²) >= 11 is 1.75. The Morgan fingerprint density at radius 2 is 0.754 bits per heavy atom. The van der Waals surface area contributed by atoms with Gasteiger partial charge in [0.15, 0.2) is 0 Å². The first-order valence-electron chi connectivity index (χ1n) is 22.7. The molecule has 2 bridgehead atoms. The lowest BCUT2D eigenvalue weighted by Gasteiger charge is -2.33. The van der Waals surface area contributed by atoms with Crippen molar-refractivity contribution in [3.05, 3.63) is 225 Å². The maximum absolute atomic E-state index is 6.67. The molecule has 7 aromatic rings. The summed E-state index contributed by atoms with van der Waals surface area (Å²) in [5.74, 6) is 1.71. The maximum Gasteiger partial charge on any atom is 0.123 e. The lowest BCUT2D eigenvalue weighted by molar-refractivity contribution is 0.0263. The predicted molar refractivity (Wildman–Crippen MR) is 259 cm³/mol. The zero-order valence-corrected chi connectivity index (χ0v) is 37.9. The third kappa shape index (κ3) is 14.2. The molecule has 2 atom stereocenters. The second kappa shape index (κ2) is 25.2. The van der Waals surface area contributed by atoms with Crippen LogP contribution in [-0.4, -0.2) is 62.7 Å². The molecule has 0 saturated carbocycles. The van der Waals surface area contributed by atoms with Crippen LogP contribution in [0.25, 0.3) is 0 Å². The molecular weight excluding hydrogens is 829 g/mol. The molecule has 0 saturated heterocycles. The summed E-state index contributed by atoms with van der Waals surface area (Å²) in [7, 11) is 0. The number of nitrogens with zero attached hydrogens (tertiary/aromatic N) is 2. The second-order valence-electron chi connectivity index (χ2n) is 16.2. The van der Waals surface area contributed by atoms with Crippen LogP contribution in [0.3, 0.4) is 0 Å². The van der Waals surface area contributed by atoms with Crippen LogP contribution in [0.1, 0.15) is 55.2 Å². The van der Waals surface area contributed by atoms with Gasteiger partial charge in [0.1, 0.15) is 24.7 Å². The van der Waals surface area contributed by atoms with Crippen molar-refractivity contribution in [3.63, 3.8) is 0 Å². The summed E-state index contributed by atoms with van der Waals surface area (Å²) in [6, 6.07) is 63.7. The van der Waals surface area contributed by atoms with Crippen LogP contribution < -0.4 is 9.47 Å². The molecule has 0 N–H and O–H groups in total. The van der Waals surface area contributed by atoms with E-state index in [0.29, 0.717) is 79.2 Å². The summed E-state index contributed by atoms with van der Waals surface area (Å²) in [4.78, 5) is 7.33. The normalized spacial score (nSPS) is 18.3. The number of thiophene rings is 1. The van der Waals surface area contributed by atoms with Crippen molar-refractivity contribution in [1.29, 1.82) is 0 Å². The summed E-state index contributed by atoms with van der Waals surface area (Å²) in [6.07, 6.45) is 0. The smallest absolute Gasteiger partial charge is 0.123 e. The highest BCUT2D eigenvalue weighted by Gasteiger charge is 2.25. The fourth-order valence-electron chi connectivity index (χ4n) is 8.21. The van der Waals surface area contributed by atoms with Crippen molar-refractivity contribution in [3.8, 4) is 11.5 Å². The van der Waals surface area contributed by atoms with Crippen LogP contribution in [0.4, 0.5) is 0 Å². The quantitative estimate of drug-likeness (QED) is 0.164. The van der Waals surface area contributed by atoms with E-state index in [2.05, 4.69) is 168 Å². The van der Waals surface area contributed by atoms with Gasteiger partial charge in [-0.25, -0.2) is 0 Å². The summed E-state index contributed by atoms with van der Waals surface area (Å²) in [5.41, 5.74) is 7.11. The van der Waals surface area contributed by atoms with E-state index >= 15 is 0 Å². The van der Waals surface area contributed by atoms with Crippen molar-refractivity contribution in [2.75, 3.05) is 52.9 Å². The fourth-order valence-corrected chi connectivity index (χ4v) is 9.11. The molecule has 65 heavy (non-hydrogen) atoms. The third-order valence-corrected chi connectivity index (χ3v) is 12.5. The van der Waals surface area contributed by atoms with Crippen LogP contribution in [-0.2, 0) is 58.3 Å². The molecule has 336 valence electrons. The number of benzene rings is 6. The summed E-state index contributed by atoms with van der Waals surface area (Å²) < 4.78 is 38.0. The van der Waals surface area contributed by atoms with Gasteiger partial charge in [0.25, 0.3) is 0 Å². The van der Waals surface area contributed by atoms with E-state index in [-0.39, 0.29) is 12.1 Å². The van der Waals surface area contributed by atoms with E-state index in [1.165, 1.54) is 32.0 Å². The van der Waals surface area contributed by atoms with E-state index in [1.807, 2.05) is 24.3 Å². The van der Waals surface area contributed by atoms with Crippen molar-refractivity contribution < 1.29 is 28.4 Å². The van der Waals surface area contributed by atoms with Crippen molar-refractivity contribution in [1.82, 2.24) is 9.80 Å². The van der Waals surface area contributed by atoms with Gasteiger partial charge in [-0.3, -0.25) is 9.80 Å². The first-order valence-corrected chi connectivity index (χ1v) is 23.5. The van der Waals surface area contributed by atoms with Gasteiger partial charge in [0, 0.05) is 47.1 Å². The van der Waals surface area contributed by atoms with E-state index in [0.717, 1.165) is 35.7 Å². The number of para-hydroxylation sites is 2. The summed E-state index contributed by atoms with van der Waals surface area (Å²) in [6.45, 7) is 7.58. The van der Waals surface area contributed by atoms with E-state index in [4.69, 9.17) is 28.4 Å². The minimum Gasteiger partial charge on any atom is -0.491 e. The molecule has 9 heteroatoms. The fraction of sp³-hybridized carbons (Fsp3) is 0.286. The molecule has 1 aliphatic heterocycles. The molecule has 0 amide bonds. The molecule has 0 aliphatic carbocycles. The maximum atomic E-state index is 6.67. The van der Waals surface area contributed by atoms with Crippen molar-refractivity contribution in [2.24, 2.45) is 0 Å². The molecule has 8 rings (SSSR count). The number of rotatable bonds is 6. The minimum atomic E-state index is -0.0160. The molecule has 0 spiro atoms. The van der Waals surface area contributed by atoms with Gasteiger partial charge in [-0.1, -0.05) is 158 Å². The number of hydrogen-bond donors (Lipinski definition) is 0. The Bertz CT molecular complexity index is 2230. The Balaban J connectivity index is 1.04. The van der Waals surface area contributed by atoms with Crippen LogP contribution in [0.2, 0.25) is 0 Å². The molecule has 0 fully saturated rings. The van der Waals surface area contributed by atoms with Gasteiger partial charge in [-0.05, 0) is 46.5 Å². The first-order chi connectivity index (χ1) is 32.2. The highest BCUT2D eigenvalue weighted by atomic mass is 32.1. The second-order valence-corrected chi connectivity index (χ2v) is 17.4. The van der Waals surface area contributed by atoms with E-state index < -0.39 is 0 Å². The molecule has 6 aromatic carbocycles. The van der Waals surface area contributed by atoms with Crippen LogP contribution in [0.15, 0.2) is 182 Å². The van der Waals surface area contributed by atoms with Gasteiger partial charge in [-0.2, -0.15) is 0 Å². The lowest BCUT2D eigenvalue weighted by atomic mass is 10.0. The lowest BCUT2D eigenvalue weighted by Crippen LogP contribution is -2.31. The van der Waals surface area contributed by atoms with Gasteiger partial charge in [-0.15, -0.1) is 11.3 Å². The highest BCUT2D eigenvalue weighted by Crippen LogP contribution is 2.32. The van der Waals surface area contributed by atoms with Gasteiger partial charge >= 0.3 is 0 Å². The minimum absolute atomic E-state index is 0.0160. The van der Waals surface area contributed by atoms with Gasteiger partial charge in [0.05, 0.1) is 64.9 Å². The van der Waals surface area contributed by atoms with E-state index in [9.17, 15) is 0 Å². The Morgan fingerprint density at radius 3 is 1.18 bits per heavy atom. The monoisotopic (exact) mass is 888 g/mol. The molecule has 2 heterocycles. The Morgan fingerprint density at radius 1 is 0.385 bits per heavy atom. The highest BCUT2D eigenvalue weighted by molar-refractivity contribution is 7.11. The standard InChI is InChI=1S/C56H60N2O6S/c1-5-17-45(18-6-1)37-57-39-49-25-13-15-27-55(49)63-35-33-59-31-32-60-34-36-64-56-28-16-14-26-50(56)40-58(38-46-19-7-2-8-20-46)54(48-23-11-4-12-24-48)44-62-42-52-30-29-51(65-52)41-61-43-53(57)47-21-9-3-10-22-47/h1-30,53-54H,31-44H2/t53-,54-/m0/s1. The molecule has 8 nitrogen and oxygen atoms in total. The molecule has 1 aromatic heterocycles. The van der Waals surface area contributed by atoms with Crippen LogP contribution >= 0.6 is 11.3 Å².